The molecular weight excluding hydrogens is 361 g/mol. The van der Waals surface area contributed by atoms with E-state index in [1.54, 1.807) is 10.9 Å². The minimum atomic E-state index is -4.52. The van der Waals surface area contributed by atoms with Crippen molar-refractivity contribution < 1.29 is 23.1 Å². The van der Waals surface area contributed by atoms with Crippen LogP contribution in [0.5, 0.6) is 0 Å². The first-order valence-corrected chi connectivity index (χ1v) is 8.13. The molecule has 0 aliphatic carbocycles. The molecule has 2 aromatic heterocycles. The standard InChI is InChI=1S/C18H17F3N4O2/c1-12-7-22-24(8-12)9-13-2-4-14(5-3-13)10-25-11-15(17(26)27)16(23-25)6-18(19,20)21/h2-5,7-8,11H,6,9-10H2,1H3,(H,26,27). The summed E-state index contributed by atoms with van der Waals surface area (Å²) in [7, 11) is 0. The van der Waals surface area contributed by atoms with Gasteiger partial charge in [-0.3, -0.25) is 9.36 Å². The Morgan fingerprint density at radius 3 is 2.15 bits per heavy atom. The molecule has 0 bridgehead atoms. The van der Waals surface area contributed by atoms with E-state index in [1.165, 1.54) is 4.68 Å². The van der Waals surface area contributed by atoms with Crippen LogP contribution in [-0.2, 0) is 19.5 Å². The van der Waals surface area contributed by atoms with Gasteiger partial charge in [0, 0.05) is 12.4 Å². The van der Waals surface area contributed by atoms with Crippen LogP contribution in [0.2, 0.25) is 0 Å². The highest BCUT2D eigenvalue weighted by Crippen LogP contribution is 2.23. The molecule has 0 amide bonds. The van der Waals surface area contributed by atoms with E-state index < -0.39 is 29.8 Å². The Kier molecular flexibility index (Phi) is 5.02. The van der Waals surface area contributed by atoms with E-state index in [0.29, 0.717) is 6.54 Å². The van der Waals surface area contributed by atoms with Gasteiger partial charge in [-0.25, -0.2) is 4.79 Å². The lowest BCUT2D eigenvalue weighted by Crippen LogP contribution is -2.14. The third-order valence-electron chi connectivity index (χ3n) is 3.91. The van der Waals surface area contributed by atoms with Gasteiger partial charge in [-0.2, -0.15) is 23.4 Å². The molecule has 6 nitrogen and oxygen atoms in total. The highest BCUT2D eigenvalue weighted by atomic mass is 19.4. The number of carbonyl (C=O) groups is 1. The summed E-state index contributed by atoms with van der Waals surface area (Å²) >= 11 is 0. The Hall–Kier alpha value is -3.10. The van der Waals surface area contributed by atoms with Gasteiger partial charge in [0.05, 0.1) is 31.4 Å². The fourth-order valence-electron chi connectivity index (χ4n) is 2.72. The zero-order valence-electron chi connectivity index (χ0n) is 14.4. The molecule has 0 radical (unpaired) electrons. The first kappa shape index (κ1) is 18.7. The van der Waals surface area contributed by atoms with Crippen LogP contribution in [0.15, 0.2) is 42.9 Å². The van der Waals surface area contributed by atoms with Crippen molar-refractivity contribution in [2.24, 2.45) is 0 Å². The molecule has 0 unspecified atom stereocenters. The minimum Gasteiger partial charge on any atom is -0.478 e. The molecule has 0 atom stereocenters. The van der Waals surface area contributed by atoms with E-state index in [2.05, 4.69) is 10.2 Å². The van der Waals surface area contributed by atoms with Gasteiger partial charge in [0.25, 0.3) is 0 Å². The maximum atomic E-state index is 12.6. The van der Waals surface area contributed by atoms with Gasteiger partial charge in [-0.15, -0.1) is 0 Å². The van der Waals surface area contributed by atoms with Crippen molar-refractivity contribution in [1.82, 2.24) is 19.6 Å². The number of halogens is 3. The van der Waals surface area contributed by atoms with Crippen molar-refractivity contribution >= 4 is 5.97 Å². The summed E-state index contributed by atoms with van der Waals surface area (Å²) in [5.74, 6) is -1.43. The number of benzene rings is 1. The smallest absolute Gasteiger partial charge is 0.394 e. The Labute approximate surface area is 152 Å². The molecule has 3 rings (SSSR count). The Morgan fingerprint density at radius 2 is 1.67 bits per heavy atom. The molecule has 1 aromatic carbocycles. The molecule has 2 heterocycles. The maximum absolute atomic E-state index is 12.6. The minimum absolute atomic E-state index is 0.180. The van der Waals surface area contributed by atoms with Gasteiger partial charge >= 0.3 is 12.1 Å². The lowest BCUT2D eigenvalue weighted by atomic mass is 10.1. The first-order valence-electron chi connectivity index (χ1n) is 8.13. The number of carboxylic acids is 1. The Morgan fingerprint density at radius 1 is 1.07 bits per heavy atom. The average Bonchev–Trinajstić information content (AvgIpc) is 3.14. The van der Waals surface area contributed by atoms with Crippen LogP contribution in [-0.4, -0.2) is 36.8 Å². The van der Waals surface area contributed by atoms with Crippen LogP contribution in [0, 0.1) is 6.92 Å². The van der Waals surface area contributed by atoms with Gasteiger partial charge in [-0.1, -0.05) is 24.3 Å². The molecule has 0 aliphatic rings. The van der Waals surface area contributed by atoms with Gasteiger partial charge in [-0.05, 0) is 23.6 Å². The second-order valence-electron chi connectivity index (χ2n) is 6.32. The lowest BCUT2D eigenvalue weighted by molar-refractivity contribution is -0.127. The van der Waals surface area contributed by atoms with Gasteiger partial charge in [0.15, 0.2) is 0 Å². The number of carboxylic acid groups (broad SMARTS) is 1. The highest BCUT2D eigenvalue weighted by molar-refractivity contribution is 5.88. The number of aryl methyl sites for hydroxylation is 1. The van der Waals surface area contributed by atoms with Crippen LogP contribution in [0.1, 0.15) is 32.7 Å². The van der Waals surface area contributed by atoms with E-state index in [-0.39, 0.29) is 6.54 Å². The summed E-state index contributed by atoms with van der Waals surface area (Å²) in [6, 6.07) is 7.45. The van der Waals surface area contributed by atoms with Crippen molar-refractivity contribution in [1.29, 1.82) is 0 Å². The van der Waals surface area contributed by atoms with Crippen LogP contribution >= 0.6 is 0 Å². The third kappa shape index (κ3) is 4.96. The molecule has 0 aliphatic heterocycles. The van der Waals surface area contributed by atoms with Crippen LogP contribution in [0.25, 0.3) is 0 Å². The summed E-state index contributed by atoms with van der Waals surface area (Å²) in [5, 5.41) is 17.1. The molecule has 27 heavy (non-hydrogen) atoms. The monoisotopic (exact) mass is 378 g/mol. The number of nitrogens with zero attached hydrogens (tertiary/aromatic N) is 4. The van der Waals surface area contributed by atoms with Crippen LogP contribution in [0.4, 0.5) is 13.2 Å². The zero-order valence-corrected chi connectivity index (χ0v) is 14.4. The van der Waals surface area contributed by atoms with Gasteiger partial charge in [0.1, 0.15) is 5.56 Å². The molecule has 9 heteroatoms. The molecule has 0 fully saturated rings. The summed E-state index contributed by atoms with van der Waals surface area (Å²) in [6.07, 6.45) is -1.07. The summed E-state index contributed by atoms with van der Waals surface area (Å²) in [5.41, 5.74) is 1.97. The fourth-order valence-corrected chi connectivity index (χ4v) is 2.72. The predicted octanol–water partition coefficient (Wildman–Crippen LogP) is 3.29. The van der Waals surface area contributed by atoms with Gasteiger partial charge in [0.2, 0.25) is 0 Å². The van der Waals surface area contributed by atoms with E-state index in [0.717, 1.165) is 22.9 Å². The van der Waals surface area contributed by atoms with Gasteiger partial charge < -0.3 is 5.11 Å². The summed E-state index contributed by atoms with van der Waals surface area (Å²) in [4.78, 5) is 11.2. The SMILES string of the molecule is Cc1cnn(Cc2ccc(Cn3cc(C(=O)O)c(CC(F)(F)F)n3)cc2)c1. The number of aromatic nitrogens is 4. The maximum Gasteiger partial charge on any atom is 0.394 e. The number of aromatic carboxylic acids is 1. The number of hydrogen-bond donors (Lipinski definition) is 1. The van der Waals surface area contributed by atoms with Crippen molar-refractivity contribution in [3.8, 4) is 0 Å². The topological polar surface area (TPSA) is 72.9 Å². The number of rotatable bonds is 6. The zero-order chi connectivity index (χ0) is 19.6. The third-order valence-corrected chi connectivity index (χ3v) is 3.91. The second-order valence-corrected chi connectivity index (χ2v) is 6.32. The average molecular weight is 378 g/mol. The molecule has 1 N–H and O–H groups in total. The fraction of sp³-hybridized carbons (Fsp3) is 0.278. The quantitative estimate of drug-likeness (QED) is 0.714. The number of hydrogen-bond acceptors (Lipinski definition) is 3. The number of alkyl halides is 3. The van der Waals surface area contributed by atoms with Crippen LogP contribution in [0.3, 0.4) is 0 Å². The Balaban J connectivity index is 1.73. The highest BCUT2D eigenvalue weighted by Gasteiger charge is 2.32. The van der Waals surface area contributed by atoms with E-state index >= 15 is 0 Å². The molecule has 0 saturated heterocycles. The van der Waals surface area contributed by atoms with E-state index in [1.807, 2.05) is 37.4 Å². The van der Waals surface area contributed by atoms with Crippen molar-refractivity contribution in [3.05, 3.63) is 70.8 Å². The van der Waals surface area contributed by atoms with Crippen molar-refractivity contribution in [2.45, 2.75) is 32.6 Å². The first-order chi connectivity index (χ1) is 12.7. The lowest BCUT2D eigenvalue weighted by Gasteiger charge is -2.06. The Bertz CT molecular complexity index is 942. The van der Waals surface area contributed by atoms with Crippen LogP contribution < -0.4 is 0 Å². The van der Waals surface area contributed by atoms with E-state index in [9.17, 15) is 18.0 Å². The molecule has 142 valence electrons. The molecular formula is C18H17F3N4O2. The summed E-state index contributed by atoms with van der Waals surface area (Å²) < 4.78 is 40.8. The molecule has 0 saturated carbocycles. The van der Waals surface area contributed by atoms with Crippen molar-refractivity contribution in [2.75, 3.05) is 0 Å². The predicted molar refractivity (Wildman–Crippen MR) is 90.6 cm³/mol. The van der Waals surface area contributed by atoms with E-state index in [4.69, 9.17) is 5.11 Å². The summed E-state index contributed by atoms with van der Waals surface area (Å²) in [6.45, 7) is 2.74. The molecule has 3 aromatic rings. The molecule has 0 spiro atoms. The second kappa shape index (κ2) is 7.26. The normalized spacial score (nSPS) is 11.7. The largest absolute Gasteiger partial charge is 0.478 e. The van der Waals surface area contributed by atoms with Crippen molar-refractivity contribution in [3.63, 3.8) is 0 Å².